The van der Waals surface area contributed by atoms with E-state index in [1.54, 1.807) is 11.3 Å². The highest BCUT2D eigenvalue weighted by Gasteiger charge is 2.15. The van der Waals surface area contributed by atoms with E-state index in [0.717, 1.165) is 11.1 Å². The Kier molecular flexibility index (Phi) is 2.55. The molecule has 0 aliphatic carbocycles. The van der Waals surface area contributed by atoms with Gasteiger partial charge in [-0.2, -0.15) is 0 Å². The molecule has 0 unspecified atom stereocenters. The van der Waals surface area contributed by atoms with Gasteiger partial charge in [-0.1, -0.05) is 5.16 Å². The highest BCUT2D eigenvalue weighted by molar-refractivity contribution is 7.11. The molecule has 0 aliphatic rings. The van der Waals surface area contributed by atoms with Crippen molar-refractivity contribution in [3.8, 4) is 0 Å². The second-order valence-corrected chi connectivity index (χ2v) is 4.54. The Morgan fingerprint density at radius 2 is 2.40 bits per heavy atom. The van der Waals surface area contributed by atoms with E-state index < -0.39 is 5.97 Å². The summed E-state index contributed by atoms with van der Waals surface area (Å²) in [5.74, 6) is -1.00. The van der Waals surface area contributed by atoms with Crippen molar-refractivity contribution in [3.63, 3.8) is 0 Å². The quantitative estimate of drug-likeness (QED) is 0.867. The van der Waals surface area contributed by atoms with Crippen LogP contribution in [0.4, 0.5) is 0 Å². The molecule has 1 N–H and O–H groups in total. The summed E-state index contributed by atoms with van der Waals surface area (Å²) in [5, 5.41) is 12.5. The van der Waals surface area contributed by atoms with E-state index in [1.165, 1.54) is 4.88 Å². The Bertz CT molecular complexity index is 486. The minimum absolute atomic E-state index is 0.140. The highest BCUT2D eigenvalue weighted by atomic mass is 32.1. The van der Waals surface area contributed by atoms with Gasteiger partial charge < -0.3 is 9.63 Å². The molecule has 78 valence electrons. The first-order valence-corrected chi connectivity index (χ1v) is 5.20. The molecule has 0 spiro atoms. The van der Waals surface area contributed by atoms with Crippen LogP contribution in [0.2, 0.25) is 0 Å². The van der Waals surface area contributed by atoms with Crippen molar-refractivity contribution in [2.24, 2.45) is 0 Å². The number of thiophene rings is 1. The maximum atomic E-state index is 10.8. The molecule has 4 nitrogen and oxygen atoms in total. The van der Waals surface area contributed by atoms with Gasteiger partial charge in [-0.05, 0) is 19.1 Å². The number of aromatic carboxylic acids is 1. The van der Waals surface area contributed by atoms with Crippen molar-refractivity contribution < 1.29 is 14.4 Å². The molecule has 2 aromatic heterocycles. The molecule has 0 radical (unpaired) electrons. The average molecular weight is 223 g/mol. The Balaban J connectivity index is 2.24. The van der Waals surface area contributed by atoms with Gasteiger partial charge in [0, 0.05) is 16.2 Å². The molecule has 0 aliphatic heterocycles. The van der Waals surface area contributed by atoms with Crippen LogP contribution in [0.1, 0.15) is 25.8 Å². The predicted molar refractivity (Wildman–Crippen MR) is 55.3 cm³/mol. The second kappa shape index (κ2) is 3.86. The van der Waals surface area contributed by atoms with Crippen LogP contribution in [0, 0.1) is 6.92 Å². The number of aromatic nitrogens is 1. The van der Waals surface area contributed by atoms with Crippen LogP contribution in [-0.4, -0.2) is 16.2 Å². The van der Waals surface area contributed by atoms with Crippen molar-refractivity contribution in [3.05, 3.63) is 39.4 Å². The molecule has 0 amide bonds. The molecular weight excluding hydrogens is 214 g/mol. The standard InChI is InChI=1S/C10H9NO3S/c1-6-2-3-7(15-6)4-9-8(10(12)13)5-14-11-9/h2-3,5H,4H2,1H3,(H,12,13). The number of carboxylic acid groups (broad SMARTS) is 1. The Morgan fingerprint density at radius 3 is 3.00 bits per heavy atom. The normalized spacial score (nSPS) is 10.5. The molecular formula is C10H9NO3S. The third-order valence-electron chi connectivity index (χ3n) is 2.01. The molecule has 0 fully saturated rings. The fourth-order valence-electron chi connectivity index (χ4n) is 1.31. The number of nitrogens with zero attached hydrogens (tertiary/aromatic N) is 1. The Hall–Kier alpha value is -1.62. The molecule has 0 atom stereocenters. The van der Waals surface area contributed by atoms with Gasteiger partial charge in [0.25, 0.3) is 0 Å². The molecule has 2 aromatic rings. The first-order chi connectivity index (χ1) is 7.16. The van der Waals surface area contributed by atoms with Gasteiger partial charge in [-0.25, -0.2) is 4.79 Å². The van der Waals surface area contributed by atoms with Crippen LogP contribution < -0.4 is 0 Å². The SMILES string of the molecule is Cc1ccc(Cc2nocc2C(=O)O)s1. The van der Waals surface area contributed by atoms with Crippen LogP contribution >= 0.6 is 11.3 Å². The van der Waals surface area contributed by atoms with E-state index in [1.807, 2.05) is 19.1 Å². The zero-order chi connectivity index (χ0) is 10.8. The molecule has 2 rings (SSSR count). The fourth-order valence-corrected chi connectivity index (χ4v) is 2.20. The summed E-state index contributed by atoms with van der Waals surface area (Å²) in [6.45, 7) is 2.01. The van der Waals surface area contributed by atoms with E-state index in [-0.39, 0.29) is 5.56 Å². The topological polar surface area (TPSA) is 63.3 Å². The molecule has 5 heteroatoms. The van der Waals surface area contributed by atoms with Gasteiger partial charge in [0.05, 0.1) is 0 Å². The van der Waals surface area contributed by atoms with Crippen molar-refractivity contribution in [1.82, 2.24) is 5.16 Å². The highest BCUT2D eigenvalue weighted by Crippen LogP contribution is 2.20. The van der Waals surface area contributed by atoms with Crippen LogP contribution in [-0.2, 0) is 6.42 Å². The second-order valence-electron chi connectivity index (χ2n) is 3.17. The van der Waals surface area contributed by atoms with Crippen molar-refractivity contribution in [2.75, 3.05) is 0 Å². The maximum Gasteiger partial charge on any atom is 0.340 e. The third-order valence-corrected chi connectivity index (χ3v) is 3.01. The van der Waals surface area contributed by atoms with E-state index in [9.17, 15) is 4.79 Å². The summed E-state index contributed by atoms with van der Waals surface area (Å²) in [7, 11) is 0. The molecule has 0 bridgehead atoms. The lowest BCUT2D eigenvalue weighted by Gasteiger charge is -1.93. The van der Waals surface area contributed by atoms with Gasteiger partial charge >= 0.3 is 5.97 Å². The number of rotatable bonds is 3. The Labute approximate surface area is 90.1 Å². The molecule has 0 aromatic carbocycles. The minimum atomic E-state index is -1.00. The van der Waals surface area contributed by atoms with E-state index in [4.69, 9.17) is 5.11 Å². The smallest absolute Gasteiger partial charge is 0.340 e. The van der Waals surface area contributed by atoms with E-state index >= 15 is 0 Å². The predicted octanol–water partition coefficient (Wildman–Crippen LogP) is 2.33. The summed E-state index contributed by atoms with van der Waals surface area (Å²) < 4.78 is 4.66. The zero-order valence-corrected chi connectivity index (χ0v) is 8.87. The maximum absolute atomic E-state index is 10.8. The molecule has 15 heavy (non-hydrogen) atoms. The number of carboxylic acids is 1. The average Bonchev–Trinajstić information content (AvgIpc) is 2.75. The third kappa shape index (κ3) is 2.07. The molecule has 0 saturated carbocycles. The number of hydrogen-bond donors (Lipinski definition) is 1. The lowest BCUT2D eigenvalue weighted by molar-refractivity contribution is 0.0695. The van der Waals surface area contributed by atoms with Crippen LogP contribution in [0.5, 0.6) is 0 Å². The molecule has 2 heterocycles. The zero-order valence-electron chi connectivity index (χ0n) is 8.06. The first-order valence-electron chi connectivity index (χ1n) is 4.38. The Morgan fingerprint density at radius 1 is 1.60 bits per heavy atom. The van der Waals surface area contributed by atoms with E-state index in [0.29, 0.717) is 12.1 Å². The van der Waals surface area contributed by atoms with Crippen LogP contribution in [0.25, 0.3) is 0 Å². The minimum Gasteiger partial charge on any atom is -0.478 e. The monoisotopic (exact) mass is 223 g/mol. The van der Waals surface area contributed by atoms with Gasteiger partial charge in [-0.15, -0.1) is 11.3 Å². The number of aryl methyl sites for hydroxylation is 1. The first kappa shape index (κ1) is 9.92. The van der Waals surface area contributed by atoms with Gasteiger partial charge in [0.1, 0.15) is 17.5 Å². The lowest BCUT2D eigenvalue weighted by atomic mass is 10.2. The van der Waals surface area contributed by atoms with Crippen molar-refractivity contribution in [2.45, 2.75) is 13.3 Å². The largest absolute Gasteiger partial charge is 0.478 e. The van der Waals surface area contributed by atoms with Gasteiger partial charge in [0.15, 0.2) is 0 Å². The summed E-state index contributed by atoms with van der Waals surface area (Å²) in [5.41, 5.74) is 0.616. The van der Waals surface area contributed by atoms with Crippen molar-refractivity contribution in [1.29, 1.82) is 0 Å². The number of carbonyl (C=O) groups is 1. The van der Waals surface area contributed by atoms with Crippen LogP contribution in [0.15, 0.2) is 22.9 Å². The van der Waals surface area contributed by atoms with Gasteiger partial charge in [-0.3, -0.25) is 0 Å². The number of hydrogen-bond acceptors (Lipinski definition) is 4. The summed E-state index contributed by atoms with van der Waals surface area (Å²) in [4.78, 5) is 13.1. The van der Waals surface area contributed by atoms with Gasteiger partial charge in [0.2, 0.25) is 0 Å². The lowest BCUT2D eigenvalue weighted by Crippen LogP contribution is -1.99. The van der Waals surface area contributed by atoms with Crippen LogP contribution in [0.3, 0.4) is 0 Å². The van der Waals surface area contributed by atoms with E-state index in [2.05, 4.69) is 9.68 Å². The van der Waals surface area contributed by atoms with Crippen molar-refractivity contribution >= 4 is 17.3 Å². The fraction of sp³-hybridized carbons (Fsp3) is 0.200. The summed E-state index contributed by atoms with van der Waals surface area (Å²) in [6, 6.07) is 3.97. The summed E-state index contributed by atoms with van der Waals surface area (Å²) in [6.07, 6.45) is 1.68. The summed E-state index contributed by atoms with van der Waals surface area (Å²) >= 11 is 1.63. The molecule has 0 saturated heterocycles.